The van der Waals surface area contributed by atoms with Gasteiger partial charge in [0.2, 0.25) is 0 Å². The van der Waals surface area contributed by atoms with Crippen LogP contribution in [0.4, 0.5) is 0 Å². The van der Waals surface area contributed by atoms with Crippen LogP contribution in [0, 0.1) is 6.92 Å². The first-order valence-electron chi connectivity index (χ1n) is 9.33. The van der Waals surface area contributed by atoms with E-state index in [4.69, 9.17) is 5.73 Å². The highest BCUT2D eigenvalue weighted by Crippen LogP contribution is 2.39. The second-order valence-electron chi connectivity index (χ2n) is 7.66. The van der Waals surface area contributed by atoms with Crippen LogP contribution in [0.2, 0.25) is 0 Å². The first kappa shape index (κ1) is 15.9. The van der Waals surface area contributed by atoms with E-state index in [1.807, 2.05) is 0 Å². The maximum atomic E-state index is 6.27. The zero-order valence-corrected chi connectivity index (χ0v) is 14.6. The summed E-state index contributed by atoms with van der Waals surface area (Å²) < 4.78 is 0. The number of hydrogen-bond donors (Lipinski definition) is 1. The van der Waals surface area contributed by atoms with Gasteiger partial charge in [-0.25, -0.2) is 0 Å². The molecule has 2 N–H and O–H groups in total. The van der Waals surface area contributed by atoms with Crippen LogP contribution in [-0.4, -0.2) is 30.1 Å². The summed E-state index contributed by atoms with van der Waals surface area (Å²) in [5, 5.41) is 0. The van der Waals surface area contributed by atoms with Crippen molar-refractivity contribution in [3.05, 3.63) is 70.8 Å². The molecule has 1 aliphatic heterocycles. The maximum Gasteiger partial charge on any atom is 0.0208 e. The molecule has 2 nitrogen and oxygen atoms in total. The average Bonchev–Trinajstić information content (AvgIpc) is 2.96. The van der Waals surface area contributed by atoms with Crippen molar-refractivity contribution in [1.29, 1.82) is 0 Å². The Balaban J connectivity index is 1.62. The van der Waals surface area contributed by atoms with Gasteiger partial charge in [0.1, 0.15) is 0 Å². The molecule has 1 aliphatic carbocycles. The highest BCUT2D eigenvalue weighted by Gasteiger charge is 2.37. The molecule has 2 aromatic carbocycles. The number of aryl methyl sites for hydroxylation is 1. The molecule has 2 aliphatic rings. The molecule has 2 aromatic rings. The predicted molar refractivity (Wildman–Crippen MR) is 100 cm³/mol. The lowest BCUT2D eigenvalue weighted by atomic mass is 9.89. The summed E-state index contributed by atoms with van der Waals surface area (Å²) in [6, 6.07) is 19.1. The van der Waals surface area contributed by atoms with Crippen molar-refractivity contribution < 1.29 is 0 Å². The van der Waals surface area contributed by atoms with Crippen LogP contribution in [0.15, 0.2) is 48.5 Å². The number of piperidine rings is 1. The largest absolute Gasteiger partial charge is 0.327 e. The molecule has 0 bridgehead atoms. The normalized spacial score (nSPS) is 27.2. The Morgan fingerprint density at radius 1 is 1.08 bits per heavy atom. The third-order valence-corrected chi connectivity index (χ3v) is 5.88. The highest BCUT2D eigenvalue weighted by atomic mass is 15.2. The van der Waals surface area contributed by atoms with Gasteiger partial charge < -0.3 is 5.73 Å². The lowest BCUT2D eigenvalue weighted by Crippen LogP contribution is -2.49. The zero-order chi connectivity index (χ0) is 16.5. The first-order chi connectivity index (χ1) is 11.7. The van der Waals surface area contributed by atoms with Crippen LogP contribution in [0.5, 0.6) is 0 Å². The number of benzene rings is 2. The van der Waals surface area contributed by atoms with Gasteiger partial charge in [-0.3, -0.25) is 4.90 Å². The van der Waals surface area contributed by atoms with Gasteiger partial charge in [-0.2, -0.15) is 0 Å². The molecule has 2 unspecified atom stereocenters. The lowest BCUT2D eigenvalue weighted by Gasteiger charge is -2.38. The van der Waals surface area contributed by atoms with E-state index >= 15 is 0 Å². The van der Waals surface area contributed by atoms with Crippen LogP contribution in [0.1, 0.15) is 41.0 Å². The molecule has 0 saturated carbocycles. The minimum atomic E-state index is 0.350. The summed E-state index contributed by atoms with van der Waals surface area (Å²) in [6.45, 7) is 4.42. The van der Waals surface area contributed by atoms with E-state index in [9.17, 15) is 0 Å². The SMILES string of the molecule is Cc1ccc(C[C@H]2c3ccccc3CC2N2CCCC(N)C2)cc1. The fourth-order valence-electron chi connectivity index (χ4n) is 4.61. The minimum Gasteiger partial charge on any atom is -0.327 e. The zero-order valence-electron chi connectivity index (χ0n) is 14.6. The van der Waals surface area contributed by atoms with E-state index in [1.54, 1.807) is 11.1 Å². The molecular weight excluding hydrogens is 292 g/mol. The summed E-state index contributed by atoms with van der Waals surface area (Å²) in [7, 11) is 0. The van der Waals surface area contributed by atoms with E-state index in [-0.39, 0.29) is 0 Å². The Kier molecular flexibility index (Phi) is 4.43. The molecule has 1 fully saturated rings. The Hall–Kier alpha value is -1.64. The summed E-state index contributed by atoms with van der Waals surface area (Å²) in [4.78, 5) is 2.67. The predicted octanol–water partition coefficient (Wildman–Crippen LogP) is 3.67. The standard InChI is InChI=1S/C22H28N2/c1-16-8-10-17(11-9-16)13-21-20-7-3-2-5-18(20)14-22(21)24-12-4-6-19(23)15-24/h2-3,5,7-11,19,21-22H,4,6,12-15,23H2,1H3/t19?,21-,22?/m0/s1. The van der Waals surface area contributed by atoms with E-state index < -0.39 is 0 Å². The van der Waals surface area contributed by atoms with Gasteiger partial charge >= 0.3 is 0 Å². The maximum absolute atomic E-state index is 6.27. The van der Waals surface area contributed by atoms with Crippen LogP contribution in [-0.2, 0) is 12.8 Å². The smallest absolute Gasteiger partial charge is 0.0208 e. The third kappa shape index (κ3) is 3.13. The van der Waals surface area contributed by atoms with Crippen LogP contribution < -0.4 is 5.73 Å². The second-order valence-corrected chi connectivity index (χ2v) is 7.66. The fraction of sp³-hybridized carbons (Fsp3) is 0.455. The van der Waals surface area contributed by atoms with E-state index in [1.165, 1.54) is 36.9 Å². The van der Waals surface area contributed by atoms with Gasteiger partial charge in [-0.15, -0.1) is 0 Å². The van der Waals surface area contributed by atoms with Crippen molar-refractivity contribution in [2.75, 3.05) is 13.1 Å². The monoisotopic (exact) mass is 320 g/mol. The van der Waals surface area contributed by atoms with E-state index in [2.05, 4.69) is 60.4 Å². The summed E-state index contributed by atoms with van der Waals surface area (Å²) in [5.74, 6) is 0.592. The van der Waals surface area contributed by atoms with Crippen molar-refractivity contribution in [3.8, 4) is 0 Å². The topological polar surface area (TPSA) is 29.3 Å². The number of fused-ring (bicyclic) bond motifs is 1. The summed E-state index contributed by atoms with van der Waals surface area (Å²) in [6.07, 6.45) is 4.73. The van der Waals surface area contributed by atoms with Crippen LogP contribution in [0.25, 0.3) is 0 Å². The second kappa shape index (κ2) is 6.70. The summed E-state index contributed by atoms with van der Waals surface area (Å²) in [5.41, 5.74) is 12.2. The highest BCUT2D eigenvalue weighted by molar-refractivity contribution is 5.39. The molecule has 3 atom stereocenters. The van der Waals surface area contributed by atoms with Crippen molar-refractivity contribution in [1.82, 2.24) is 4.90 Å². The molecule has 0 spiro atoms. The van der Waals surface area contributed by atoms with Crippen molar-refractivity contribution in [3.63, 3.8) is 0 Å². The number of hydrogen-bond acceptors (Lipinski definition) is 2. The molecule has 0 radical (unpaired) electrons. The average molecular weight is 320 g/mol. The molecular formula is C22H28N2. The number of likely N-dealkylation sites (tertiary alicyclic amines) is 1. The van der Waals surface area contributed by atoms with Gasteiger partial charge in [-0.1, -0.05) is 54.1 Å². The Morgan fingerprint density at radius 3 is 2.67 bits per heavy atom. The van der Waals surface area contributed by atoms with Crippen LogP contribution in [0.3, 0.4) is 0 Å². The van der Waals surface area contributed by atoms with Gasteiger partial charge in [0.05, 0.1) is 0 Å². The first-order valence-corrected chi connectivity index (χ1v) is 9.33. The Bertz CT molecular complexity index is 691. The van der Waals surface area contributed by atoms with Gasteiger partial charge in [0, 0.05) is 24.5 Å². The fourth-order valence-corrected chi connectivity index (χ4v) is 4.61. The van der Waals surface area contributed by atoms with Crippen molar-refractivity contribution >= 4 is 0 Å². The lowest BCUT2D eigenvalue weighted by molar-refractivity contribution is 0.136. The quantitative estimate of drug-likeness (QED) is 0.935. The van der Waals surface area contributed by atoms with Crippen molar-refractivity contribution in [2.45, 2.75) is 50.6 Å². The van der Waals surface area contributed by atoms with Crippen LogP contribution >= 0.6 is 0 Å². The van der Waals surface area contributed by atoms with E-state index in [0.717, 1.165) is 13.0 Å². The molecule has 1 saturated heterocycles. The molecule has 1 heterocycles. The number of rotatable bonds is 3. The summed E-state index contributed by atoms with van der Waals surface area (Å²) >= 11 is 0. The Labute approximate surface area is 145 Å². The van der Waals surface area contributed by atoms with Crippen molar-refractivity contribution in [2.24, 2.45) is 5.73 Å². The molecule has 0 amide bonds. The molecule has 24 heavy (non-hydrogen) atoms. The van der Waals surface area contributed by atoms with E-state index in [0.29, 0.717) is 18.0 Å². The number of nitrogens with two attached hydrogens (primary N) is 1. The minimum absolute atomic E-state index is 0.350. The molecule has 4 rings (SSSR count). The number of nitrogens with zero attached hydrogens (tertiary/aromatic N) is 1. The Morgan fingerprint density at radius 2 is 1.88 bits per heavy atom. The third-order valence-electron chi connectivity index (χ3n) is 5.88. The van der Waals surface area contributed by atoms with Gasteiger partial charge in [0.25, 0.3) is 0 Å². The molecule has 0 aromatic heterocycles. The molecule has 2 heteroatoms. The molecule has 126 valence electrons. The van der Waals surface area contributed by atoms with Gasteiger partial charge in [-0.05, 0) is 55.8 Å². The van der Waals surface area contributed by atoms with Gasteiger partial charge in [0.15, 0.2) is 0 Å².